The molecule has 0 radical (unpaired) electrons. The van der Waals surface area contributed by atoms with Crippen molar-refractivity contribution in [3.63, 3.8) is 0 Å². The molecular weight excluding hydrogens is 586 g/mol. The number of carbonyl (C=O) groups excluding carboxylic acids is 1. The second-order valence-electron chi connectivity index (χ2n) is 9.86. The number of benzene rings is 2. The summed E-state index contributed by atoms with van der Waals surface area (Å²) in [6.45, 7) is 7.73. The number of rotatable bonds is 27. The van der Waals surface area contributed by atoms with Gasteiger partial charge in [-0.05, 0) is 22.3 Å². The van der Waals surface area contributed by atoms with E-state index in [2.05, 4.69) is 24.3 Å². The van der Waals surface area contributed by atoms with Gasteiger partial charge in [-0.15, -0.1) is 0 Å². The minimum Gasteiger partial charge on any atom is -0.453 e. The topological polar surface area (TPSA) is 124 Å². The number of amides is 1. The molecule has 0 bridgehead atoms. The molecule has 0 atom stereocenters. The number of ether oxygens (including phenoxy) is 9. The number of aliphatic hydroxyl groups is 1. The molecule has 0 saturated heterocycles. The fourth-order valence-corrected chi connectivity index (χ4v) is 4.78. The largest absolute Gasteiger partial charge is 0.453 e. The summed E-state index contributed by atoms with van der Waals surface area (Å²) in [5.41, 5.74) is 4.45. The molecule has 2 aromatic carbocycles. The number of methoxy groups -OCH3 is 1. The van der Waals surface area contributed by atoms with Crippen LogP contribution in [-0.4, -0.2) is 142 Å². The Bertz CT molecular complexity index is 1010. The Balaban J connectivity index is 1.12. The van der Waals surface area contributed by atoms with E-state index >= 15 is 0 Å². The maximum atomic E-state index is 12.8. The van der Waals surface area contributed by atoms with Crippen LogP contribution in [0.2, 0.25) is 0 Å². The Morgan fingerprint density at radius 2 is 0.889 bits per heavy atom. The van der Waals surface area contributed by atoms with E-state index in [0.29, 0.717) is 112 Å². The SMILES string of the molecule is COC(=O)N(CCOCCOCCOCCOCCOCCOCCOCCOCCO)C1c2ccccc2-c2ccccc21. The average Bonchev–Trinajstić information content (AvgIpc) is 3.40. The van der Waals surface area contributed by atoms with E-state index in [-0.39, 0.29) is 18.7 Å². The number of carbonyl (C=O) groups is 1. The van der Waals surface area contributed by atoms with Crippen LogP contribution in [0, 0.1) is 0 Å². The van der Waals surface area contributed by atoms with Crippen molar-refractivity contribution in [3.05, 3.63) is 59.7 Å². The van der Waals surface area contributed by atoms with Gasteiger partial charge in [0.15, 0.2) is 0 Å². The first-order valence-electron chi connectivity index (χ1n) is 15.5. The van der Waals surface area contributed by atoms with Crippen molar-refractivity contribution in [1.29, 1.82) is 0 Å². The first-order valence-corrected chi connectivity index (χ1v) is 15.5. The molecule has 12 nitrogen and oxygen atoms in total. The van der Waals surface area contributed by atoms with Crippen LogP contribution in [-0.2, 0) is 42.6 Å². The predicted octanol–water partition coefficient (Wildman–Crippen LogP) is 2.95. The van der Waals surface area contributed by atoms with Crippen LogP contribution in [0.1, 0.15) is 17.2 Å². The van der Waals surface area contributed by atoms with Crippen molar-refractivity contribution in [3.8, 4) is 11.1 Å². The summed E-state index contributed by atoms with van der Waals surface area (Å²) in [5, 5.41) is 8.59. The Hall–Kier alpha value is -2.65. The molecule has 0 saturated carbocycles. The maximum absolute atomic E-state index is 12.8. The summed E-state index contributed by atoms with van der Waals surface area (Å²) in [6.07, 6.45) is -0.387. The van der Waals surface area contributed by atoms with Gasteiger partial charge in [0.25, 0.3) is 0 Å². The lowest BCUT2D eigenvalue weighted by atomic mass is 10.0. The monoisotopic (exact) mass is 635 g/mol. The van der Waals surface area contributed by atoms with Crippen molar-refractivity contribution in [2.24, 2.45) is 0 Å². The predicted molar refractivity (Wildman–Crippen MR) is 166 cm³/mol. The fraction of sp³-hybridized carbons (Fsp3) is 0.606. The zero-order valence-corrected chi connectivity index (χ0v) is 26.4. The summed E-state index contributed by atoms with van der Waals surface area (Å²) in [5.74, 6) is 0. The van der Waals surface area contributed by atoms with Crippen LogP contribution in [0.3, 0.4) is 0 Å². The van der Waals surface area contributed by atoms with Crippen LogP contribution in [0.5, 0.6) is 0 Å². The van der Waals surface area contributed by atoms with Gasteiger partial charge in [0.2, 0.25) is 0 Å². The van der Waals surface area contributed by atoms with Crippen molar-refractivity contribution in [2.45, 2.75) is 6.04 Å². The molecule has 45 heavy (non-hydrogen) atoms. The van der Waals surface area contributed by atoms with Crippen LogP contribution in [0.25, 0.3) is 11.1 Å². The third-order valence-electron chi connectivity index (χ3n) is 6.84. The van der Waals surface area contributed by atoms with E-state index in [0.717, 1.165) is 22.3 Å². The van der Waals surface area contributed by atoms with Crippen LogP contribution < -0.4 is 0 Å². The standard InChI is InChI=1S/C33H49NO11/c1-37-33(36)34(32-30-8-4-2-6-28(30)29-7-3-5-9-31(29)32)10-12-38-14-16-40-18-20-42-22-24-44-26-27-45-25-23-43-21-19-41-17-15-39-13-11-35/h2-9,32,35H,10-27H2,1H3. The van der Waals surface area contributed by atoms with Crippen molar-refractivity contribution < 1.29 is 52.5 Å². The number of nitrogens with zero attached hydrogens (tertiary/aromatic N) is 1. The van der Waals surface area contributed by atoms with Crippen LogP contribution in [0.15, 0.2) is 48.5 Å². The highest BCUT2D eigenvalue weighted by Gasteiger charge is 2.35. The van der Waals surface area contributed by atoms with Gasteiger partial charge in [0.05, 0.1) is 125 Å². The molecule has 0 spiro atoms. The van der Waals surface area contributed by atoms with Gasteiger partial charge in [0, 0.05) is 6.54 Å². The molecule has 1 N–H and O–H groups in total. The summed E-state index contributed by atoms with van der Waals surface area (Å²) < 4.78 is 48.8. The third kappa shape index (κ3) is 13.7. The quantitative estimate of drug-likeness (QED) is 0.146. The lowest BCUT2D eigenvalue weighted by Gasteiger charge is -2.29. The van der Waals surface area contributed by atoms with E-state index in [1.807, 2.05) is 24.3 Å². The Labute approximate surface area is 266 Å². The lowest BCUT2D eigenvalue weighted by Crippen LogP contribution is -2.37. The normalized spacial score (nSPS) is 12.3. The van der Waals surface area contributed by atoms with E-state index in [9.17, 15) is 4.79 Å². The van der Waals surface area contributed by atoms with Gasteiger partial charge in [-0.1, -0.05) is 48.5 Å². The van der Waals surface area contributed by atoms with Crippen LogP contribution >= 0.6 is 0 Å². The van der Waals surface area contributed by atoms with Gasteiger partial charge in [-0.3, -0.25) is 4.90 Å². The highest BCUT2D eigenvalue weighted by atomic mass is 16.6. The summed E-state index contributed by atoms with van der Waals surface area (Å²) in [7, 11) is 1.40. The molecular formula is C33H49NO11. The Morgan fingerprint density at radius 1 is 0.556 bits per heavy atom. The Kier molecular flexibility index (Phi) is 19.4. The molecule has 12 heteroatoms. The van der Waals surface area contributed by atoms with Crippen LogP contribution in [0.4, 0.5) is 4.79 Å². The van der Waals surface area contributed by atoms with Gasteiger partial charge < -0.3 is 47.7 Å². The van der Waals surface area contributed by atoms with Gasteiger partial charge in [-0.25, -0.2) is 4.79 Å². The maximum Gasteiger partial charge on any atom is 0.410 e. The van der Waals surface area contributed by atoms with Gasteiger partial charge >= 0.3 is 6.09 Å². The average molecular weight is 636 g/mol. The third-order valence-corrected chi connectivity index (χ3v) is 6.84. The van der Waals surface area contributed by atoms with Gasteiger partial charge in [-0.2, -0.15) is 0 Å². The first-order chi connectivity index (χ1) is 22.3. The van der Waals surface area contributed by atoms with E-state index < -0.39 is 0 Å². The number of aliphatic hydroxyl groups excluding tert-OH is 1. The molecule has 3 rings (SSSR count). The zero-order chi connectivity index (χ0) is 31.8. The molecule has 1 aliphatic carbocycles. The molecule has 1 amide bonds. The summed E-state index contributed by atoms with van der Waals surface area (Å²) >= 11 is 0. The molecule has 252 valence electrons. The van der Waals surface area contributed by atoms with Crippen molar-refractivity contribution in [2.75, 3.05) is 126 Å². The molecule has 1 aliphatic rings. The van der Waals surface area contributed by atoms with Gasteiger partial charge in [0.1, 0.15) is 0 Å². The minimum absolute atomic E-state index is 0.0205. The minimum atomic E-state index is -0.387. The smallest absolute Gasteiger partial charge is 0.410 e. The molecule has 2 aromatic rings. The van der Waals surface area contributed by atoms with Crippen molar-refractivity contribution in [1.82, 2.24) is 4.90 Å². The number of fused-ring (bicyclic) bond motifs is 3. The lowest BCUT2D eigenvalue weighted by molar-refractivity contribution is -0.0242. The molecule has 0 heterocycles. The van der Waals surface area contributed by atoms with E-state index in [4.69, 9.17) is 47.7 Å². The second-order valence-corrected chi connectivity index (χ2v) is 9.86. The molecule has 0 fully saturated rings. The number of hydrogen-bond acceptors (Lipinski definition) is 11. The summed E-state index contributed by atoms with van der Waals surface area (Å²) in [6, 6.07) is 16.1. The zero-order valence-electron chi connectivity index (χ0n) is 26.4. The molecule has 0 aromatic heterocycles. The Morgan fingerprint density at radius 3 is 1.24 bits per heavy atom. The van der Waals surface area contributed by atoms with E-state index in [1.165, 1.54) is 7.11 Å². The molecule has 0 aliphatic heterocycles. The second kappa shape index (κ2) is 23.7. The highest BCUT2D eigenvalue weighted by Crippen LogP contribution is 2.46. The summed E-state index contributed by atoms with van der Waals surface area (Å²) in [4.78, 5) is 14.5. The van der Waals surface area contributed by atoms with E-state index in [1.54, 1.807) is 4.90 Å². The number of hydrogen-bond donors (Lipinski definition) is 1. The first kappa shape index (κ1) is 36.8. The molecule has 0 unspecified atom stereocenters. The highest BCUT2D eigenvalue weighted by molar-refractivity contribution is 5.81. The fourth-order valence-electron chi connectivity index (χ4n) is 4.78. The van der Waals surface area contributed by atoms with Crippen molar-refractivity contribution >= 4 is 6.09 Å².